The van der Waals surface area contributed by atoms with Gasteiger partial charge in [-0.1, -0.05) is 37.0 Å². The largest absolute Gasteiger partial charge is 0.452 e. The molecule has 0 aliphatic heterocycles. The number of amides is 1. The molecule has 0 saturated carbocycles. The fraction of sp³-hybridized carbons (Fsp3) is 0.368. The minimum atomic E-state index is -1.02. The molecule has 28 heavy (non-hydrogen) atoms. The summed E-state index contributed by atoms with van der Waals surface area (Å²) in [5.74, 6) is -1.37. The molecule has 0 fully saturated rings. The summed E-state index contributed by atoms with van der Waals surface area (Å²) in [5, 5.41) is 3.36. The molecule has 1 unspecified atom stereocenters. The molecule has 7 nitrogen and oxygen atoms in total. The lowest BCUT2D eigenvalue weighted by molar-refractivity contribution is -0.156. The molecule has 9 heteroatoms. The van der Waals surface area contributed by atoms with Crippen molar-refractivity contribution in [1.29, 1.82) is 0 Å². The van der Waals surface area contributed by atoms with Crippen molar-refractivity contribution < 1.29 is 14.3 Å². The molecule has 2 N–H and O–H groups in total. The number of carbonyl (C=O) groups excluding carboxylic acids is 2. The number of hydrogen-bond acceptors (Lipinski definition) is 5. The first-order chi connectivity index (χ1) is 13.2. The molecule has 0 spiro atoms. The molecule has 1 heterocycles. The monoisotopic (exact) mass is 425 g/mol. The normalized spacial score (nSPS) is 11.9. The average molecular weight is 426 g/mol. The van der Waals surface area contributed by atoms with Gasteiger partial charge in [0.1, 0.15) is 0 Å². The van der Waals surface area contributed by atoms with E-state index in [1.807, 2.05) is 0 Å². The summed E-state index contributed by atoms with van der Waals surface area (Å²) in [5.41, 5.74) is 0.994. The Morgan fingerprint density at radius 2 is 2.00 bits per heavy atom. The number of H-pyrrole nitrogens is 1. The zero-order valence-electron chi connectivity index (χ0n) is 15.7. The third-order valence-corrected chi connectivity index (χ3v) is 4.62. The van der Waals surface area contributed by atoms with Crippen LogP contribution in [0.3, 0.4) is 0 Å². The van der Waals surface area contributed by atoms with E-state index in [2.05, 4.69) is 15.3 Å². The second-order valence-electron chi connectivity index (χ2n) is 6.56. The fourth-order valence-corrected chi connectivity index (χ4v) is 2.87. The molecular formula is C19H21Cl2N3O4. The lowest BCUT2D eigenvalue weighted by atomic mass is 10.1. The Labute approximate surface area is 172 Å². The maximum atomic E-state index is 12.6. The van der Waals surface area contributed by atoms with Gasteiger partial charge in [-0.05, 0) is 37.5 Å². The molecule has 1 amide bonds. The SMILES string of the molecule is Cc1nc[nH]c(=O)c1CCC(=O)OC(C(=O)Nc1cc(Cl)ccc1Cl)C(C)C. The van der Waals surface area contributed by atoms with Gasteiger partial charge in [-0.25, -0.2) is 4.98 Å². The van der Waals surface area contributed by atoms with Crippen LogP contribution in [0, 0.1) is 12.8 Å². The number of esters is 1. The van der Waals surface area contributed by atoms with Crippen molar-refractivity contribution >= 4 is 40.8 Å². The van der Waals surface area contributed by atoms with Crippen LogP contribution in [0.15, 0.2) is 29.3 Å². The number of aryl methyl sites for hydroxylation is 1. The minimum Gasteiger partial charge on any atom is -0.452 e. The van der Waals surface area contributed by atoms with E-state index in [1.165, 1.54) is 12.4 Å². The van der Waals surface area contributed by atoms with E-state index < -0.39 is 18.0 Å². The number of carbonyl (C=O) groups is 2. The molecule has 0 aliphatic rings. The second kappa shape index (κ2) is 9.71. The van der Waals surface area contributed by atoms with Crippen molar-refractivity contribution in [3.8, 4) is 0 Å². The van der Waals surface area contributed by atoms with Gasteiger partial charge >= 0.3 is 5.97 Å². The van der Waals surface area contributed by atoms with Gasteiger partial charge in [-0.2, -0.15) is 0 Å². The van der Waals surface area contributed by atoms with E-state index in [0.29, 0.717) is 27.0 Å². The molecule has 0 radical (unpaired) electrons. The van der Waals surface area contributed by atoms with Crippen molar-refractivity contribution in [2.24, 2.45) is 5.92 Å². The first kappa shape index (κ1) is 21.9. The zero-order chi connectivity index (χ0) is 20.8. The number of anilines is 1. The first-order valence-corrected chi connectivity index (χ1v) is 9.43. The van der Waals surface area contributed by atoms with Crippen molar-refractivity contribution in [3.63, 3.8) is 0 Å². The maximum Gasteiger partial charge on any atom is 0.306 e. The lowest BCUT2D eigenvalue weighted by Crippen LogP contribution is -2.36. The Hall–Kier alpha value is -2.38. The number of ether oxygens (including phenoxy) is 1. The van der Waals surface area contributed by atoms with Gasteiger partial charge in [-0.15, -0.1) is 0 Å². The number of nitrogens with zero attached hydrogens (tertiary/aromatic N) is 1. The fourth-order valence-electron chi connectivity index (χ4n) is 2.53. The van der Waals surface area contributed by atoms with Crippen molar-refractivity contribution in [3.05, 3.63) is 56.2 Å². The lowest BCUT2D eigenvalue weighted by Gasteiger charge is -2.21. The van der Waals surface area contributed by atoms with Gasteiger partial charge in [0, 0.05) is 22.7 Å². The van der Waals surface area contributed by atoms with Crippen LogP contribution in [0.25, 0.3) is 0 Å². The molecular weight excluding hydrogens is 405 g/mol. The summed E-state index contributed by atoms with van der Waals surface area (Å²) >= 11 is 12.0. The number of halogens is 2. The Balaban J connectivity index is 2.03. The van der Waals surface area contributed by atoms with Crippen LogP contribution in [-0.4, -0.2) is 27.9 Å². The standard InChI is InChI=1S/C19H21Cl2N3O4/c1-10(2)17(19(27)24-15-8-12(20)4-6-14(15)21)28-16(25)7-5-13-11(3)22-9-23-18(13)26/h4,6,8-10,17H,5,7H2,1-3H3,(H,24,27)(H,22,23,26). The number of hydrogen-bond donors (Lipinski definition) is 2. The van der Waals surface area contributed by atoms with E-state index in [-0.39, 0.29) is 24.3 Å². The van der Waals surface area contributed by atoms with Gasteiger partial charge in [0.2, 0.25) is 0 Å². The molecule has 1 aromatic carbocycles. The Bertz CT molecular complexity index is 928. The van der Waals surface area contributed by atoms with E-state index in [0.717, 1.165) is 0 Å². The van der Waals surface area contributed by atoms with Crippen molar-refractivity contribution in [2.45, 2.75) is 39.7 Å². The molecule has 150 valence electrons. The zero-order valence-corrected chi connectivity index (χ0v) is 17.2. The number of rotatable bonds is 7. The summed E-state index contributed by atoms with van der Waals surface area (Å²) in [6, 6.07) is 4.67. The predicted molar refractivity (Wildman–Crippen MR) is 108 cm³/mol. The first-order valence-electron chi connectivity index (χ1n) is 8.67. The smallest absolute Gasteiger partial charge is 0.306 e. The van der Waals surface area contributed by atoms with Crippen LogP contribution in [-0.2, 0) is 20.7 Å². The maximum absolute atomic E-state index is 12.6. The Kier molecular flexibility index (Phi) is 7.60. The summed E-state index contributed by atoms with van der Waals surface area (Å²) in [6.45, 7) is 5.20. The molecule has 1 atom stereocenters. The molecule has 2 aromatic rings. The third-order valence-electron chi connectivity index (χ3n) is 4.05. The van der Waals surface area contributed by atoms with Crippen LogP contribution in [0.1, 0.15) is 31.5 Å². The van der Waals surface area contributed by atoms with Gasteiger partial charge in [-0.3, -0.25) is 14.4 Å². The van der Waals surface area contributed by atoms with Crippen LogP contribution in [0.2, 0.25) is 10.0 Å². The highest BCUT2D eigenvalue weighted by Crippen LogP contribution is 2.26. The van der Waals surface area contributed by atoms with Crippen molar-refractivity contribution in [2.75, 3.05) is 5.32 Å². The Morgan fingerprint density at radius 3 is 2.64 bits per heavy atom. The minimum absolute atomic E-state index is 0.0516. The number of benzene rings is 1. The van der Waals surface area contributed by atoms with Gasteiger partial charge < -0.3 is 15.0 Å². The summed E-state index contributed by atoms with van der Waals surface area (Å²) in [7, 11) is 0. The van der Waals surface area contributed by atoms with E-state index >= 15 is 0 Å². The summed E-state index contributed by atoms with van der Waals surface area (Å²) in [4.78, 5) is 43.1. The molecule has 0 aliphatic carbocycles. The number of nitrogens with one attached hydrogen (secondary N) is 2. The topological polar surface area (TPSA) is 101 Å². The highest BCUT2D eigenvalue weighted by Gasteiger charge is 2.27. The highest BCUT2D eigenvalue weighted by atomic mass is 35.5. The van der Waals surface area contributed by atoms with E-state index in [1.54, 1.807) is 32.9 Å². The van der Waals surface area contributed by atoms with Crippen LogP contribution in [0.5, 0.6) is 0 Å². The van der Waals surface area contributed by atoms with Crippen LogP contribution in [0.4, 0.5) is 5.69 Å². The molecule has 0 saturated heterocycles. The molecule has 0 bridgehead atoms. The third kappa shape index (κ3) is 5.81. The number of aromatic nitrogens is 2. The Morgan fingerprint density at radius 1 is 1.29 bits per heavy atom. The average Bonchev–Trinajstić information content (AvgIpc) is 2.62. The summed E-state index contributed by atoms with van der Waals surface area (Å²) in [6.07, 6.45) is 0.403. The highest BCUT2D eigenvalue weighted by molar-refractivity contribution is 6.35. The predicted octanol–water partition coefficient (Wildman–Crippen LogP) is 3.52. The van der Waals surface area contributed by atoms with Gasteiger partial charge in [0.15, 0.2) is 6.10 Å². The van der Waals surface area contributed by atoms with Crippen molar-refractivity contribution in [1.82, 2.24) is 9.97 Å². The quantitative estimate of drug-likeness (QED) is 0.660. The van der Waals surface area contributed by atoms with E-state index in [4.69, 9.17) is 27.9 Å². The molecule has 2 rings (SSSR count). The van der Waals surface area contributed by atoms with Crippen LogP contribution >= 0.6 is 23.2 Å². The number of aromatic amines is 1. The van der Waals surface area contributed by atoms with Crippen LogP contribution < -0.4 is 10.9 Å². The summed E-state index contributed by atoms with van der Waals surface area (Å²) < 4.78 is 5.36. The van der Waals surface area contributed by atoms with Gasteiger partial charge in [0.25, 0.3) is 11.5 Å². The molecule has 1 aromatic heterocycles. The van der Waals surface area contributed by atoms with E-state index in [9.17, 15) is 14.4 Å². The second-order valence-corrected chi connectivity index (χ2v) is 7.41. The van der Waals surface area contributed by atoms with Gasteiger partial charge in [0.05, 0.1) is 17.0 Å².